The molecule has 1 spiro atoms. The molecule has 1 N–H and O–H groups in total. The molecule has 1 atom stereocenters. The Hall–Kier alpha value is -0.560. The summed E-state index contributed by atoms with van der Waals surface area (Å²) in [5, 5.41) is 3.42. The van der Waals surface area contributed by atoms with Crippen LogP contribution in [-0.4, -0.2) is 79.0 Å². The second-order valence-corrected chi connectivity index (χ2v) is 8.11. The van der Waals surface area contributed by atoms with Crippen molar-refractivity contribution in [2.45, 2.75) is 57.3 Å². The summed E-state index contributed by atoms with van der Waals surface area (Å²) in [5.41, 5.74) is -0.312. The number of ether oxygens (including phenoxy) is 2. The van der Waals surface area contributed by atoms with Gasteiger partial charge in [-0.15, -0.1) is 12.4 Å². The highest BCUT2D eigenvalue weighted by Gasteiger charge is 2.43. The first-order valence-electron chi connectivity index (χ1n) is 8.94. The van der Waals surface area contributed by atoms with Gasteiger partial charge in [0.05, 0.1) is 12.2 Å². The van der Waals surface area contributed by atoms with Crippen molar-refractivity contribution < 1.29 is 14.3 Å². The molecule has 0 aliphatic carbocycles. The van der Waals surface area contributed by atoms with Crippen molar-refractivity contribution in [1.82, 2.24) is 15.1 Å². The van der Waals surface area contributed by atoms with Crippen LogP contribution >= 0.6 is 12.4 Å². The van der Waals surface area contributed by atoms with Crippen LogP contribution in [0.2, 0.25) is 0 Å². The fourth-order valence-corrected chi connectivity index (χ4v) is 3.88. The van der Waals surface area contributed by atoms with Gasteiger partial charge in [-0.2, -0.15) is 0 Å². The molecule has 140 valence electrons. The largest absolute Gasteiger partial charge is 0.444 e. The molecule has 3 aliphatic rings. The Balaban J connectivity index is 0.00000208. The van der Waals surface area contributed by atoms with Gasteiger partial charge in [-0.1, -0.05) is 0 Å². The number of carbonyl (C=O) groups is 1. The van der Waals surface area contributed by atoms with Gasteiger partial charge in [0.15, 0.2) is 0 Å². The van der Waals surface area contributed by atoms with Gasteiger partial charge in [-0.25, -0.2) is 4.79 Å². The molecule has 0 aromatic rings. The van der Waals surface area contributed by atoms with E-state index in [2.05, 4.69) is 10.2 Å². The standard InChI is InChI=1S/C17H31N3O3.ClH/c1-16(2,3)23-15(21)20-10-8-19(9-11-20)14-12-17(22-13-14)4-6-18-7-5-17;/h14,18H,4-13H2,1-3H3;1H. The van der Waals surface area contributed by atoms with Crippen LogP contribution < -0.4 is 5.32 Å². The van der Waals surface area contributed by atoms with Crippen molar-refractivity contribution in [2.24, 2.45) is 0 Å². The molecule has 0 aromatic heterocycles. The molecule has 0 aromatic carbocycles. The maximum absolute atomic E-state index is 12.1. The summed E-state index contributed by atoms with van der Waals surface area (Å²) in [6.07, 6.45) is 3.21. The third kappa shape index (κ3) is 4.75. The summed E-state index contributed by atoms with van der Waals surface area (Å²) < 4.78 is 11.7. The minimum absolute atomic E-state index is 0. The molecule has 3 fully saturated rings. The number of hydrogen-bond acceptors (Lipinski definition) is 5. The van der Waals surface area contributed by atoms with E-state index >= 15 is 0 Å². The number of carbonyl (C=O) groups excluding carboxylic acids is 1. The number of halogens is 1. The van der Waals surface area contributed by atoms with Gasteiger partial charge >= 0.3 is 6.09 Å². The van der Waals surface area contributed by atoms with E-state index in [0.29, 0.717) is 6.04 Å². The predicted molar refractivity (Wildman–Crippen MR) is 95.8 cm³/mol. The summed E-state index contributed by atoms with van der Waals surface area (Å²) >= 11 is 0. The van der Waals surface area contributed by atoms with Gasteiger partial charge in [0, 0.05) is 32.2 Å². The number of piperidine rings is 1. The first kappa shape index (κ1) is 19.8. The van der Waals surface area contributed by atoms with Gasteiger partial charge in [-0.05, 0) is 53.1 Å². The normalized spacial score (nSPS) is 27.8. The molecule has 7 heteroatoms. The monoisotopic (exact) mass is 361 g/mol. The quantitative estimate of drug-likeness (QED) is 0.772. The fraction of sp³-hybridized carbons (Fsp3) is 0.941. The topological polar surface area (TPSA) is 54.0 Å². The third-order valence-corrected chi connectivity index (χ3v) is 5.19. The highest BCUT2D eigenvalue weighted by Crippen LogP contribution is 2.36. The van der Waals surface area contributed by atoms with Crippen LogP contribution in [0.25, 0.3) is 0 Å². The number of nitrogens with one attached hydrogen (secondary N) is 1. The molecule has 0 bridgehead atoms. The van der Waals surface area contributed by atoms with Crippen LogP contribution in [0.15, 0.2) is 0 Å². The molecule has 3 heterocycles. The van der Waals surface area contributed by atoms with Crippen LogP contribution in [-0.2, 0) is 9.47 Å². The lowest BCUT2D eigenvalue weighted by atomic mass is 9.88. The lowest BCUT2D eigenvalue weighted by Crippen LogP contribution is -2.53. The Labute approximate surface area is 151 Å². The average molecular weight is 362 g/mol. The van der Waals surface area contributed by atoms with Gasteiger partial charge in [0.25, 0.3) is 0 Å². The van der Waals surface area contributed by atoms with Gasteiger partial charge in [0.2, 0.25) is 0 Å². The third-order valence-electron chi connectivity index (χ3n) is 5.19. The second-order valence-electron chi connectivity index (χ2n) is 8.11. The molecule has 3 aliphatic heterocycles. The highest BCUT2D eigenvalue weighted by atomic mass is 35.5. The Morgan fingerprint density at radius 3 is 2.38 bits per heavy atom. The Morgan fingerprint density at radius 2 is 1.79 bits per heavy atom. The zero-order chi connectivity index (χ0) is 16.5. The molecule has 6 nitrogen and oxygen atoms in total. The van der Waals surface area contributed by atoms with Crippen LogP contribution in [0.5, 0.6) is 0 Å². The van der Waals surface area contributed by atoms with E-state index in [9.17, 15) is 4.79 Å². The summed E-state index contributed by atoms with van der Waals surface area (Å²) in [4.78, 5) is 16.5. The van der Waals surface area contributed by atoms with Crippen LogP contribution in [0.4, 0.5) is 4.79 Å². The molecule has 0 radical (unpaired) electrons. The Morgan fingerprint density at radius 1 is 1.17 bits per heavy atom. The van der Waals surface area contributed by atoms with Gasteiger partial charge in [-0.3, -0.25) is 4.90 Å². The van der Waals surface area contributed by atoms with Crippen molar-refractivity contribution >= 4 is 18.5 Å². The lowest BCUT2D eigenvalue weighted by molar-refractivity contribution is -0.0208. The first-order chi connectivity index (χ1) is 10.9. The number of hydrogen-bond donors (Lipinski definition) is 1. The van der Waals surface area contributed by atoms with Crippen LogP contribution in [0.1, 0.15) is 40.0 Å². The average Bonchev–Trinajstić information content (AvgIpc) is 2.90. The highest BCUT2D eigenvalue weighted by molar-refractivity contribution is 5.85. The fourth-order valence-electron chi connectivity index (χ4n) is 3.88. The number of amides is 1. The van der Waals surface area contributed by atoms with Crippen LogP contribution in [0.3, 0.4) is 0 Å². The van der Waals surface area contributed by atoms with Crippen LogP contribution in [0, 0.1) is 0 Å². The SMILES string of the molecule is CC(C)(C)OC(=O)N1CCN(C2COC3(CCNCC3)C2)CC1.Cl. The van der Waals surface area contributed by atoms with Gasteiger partial charge in [0.1, 0.15) is 5.60 Å². The minimum atomic E-state index is -0.422. The van der Waals surface area contributed by atoms with Crippen molar-refractivity contribution in [3.05, 3.63) is 0 Å². The molecule has 0 saturated carbocycles. The molecule has 1 unspecified atom stereocenters. The first-order valence-corrected chi connectivity index (χ1v) is 8.94. The molecular formula is C17H32ClN3O3. The number of nitrogens with zero attached hydrogens (tertiary/aromatic N) is 2. The molecular weight excluding hydrogens is 330 g/mol. The van der Waals surface area contributed by atoms with Crippen molar-refractivity contribution in [3.63, 3.8) is 0 Å². The summed E-state index contributed by atoms with van der Waals surface area (Å²) in [6, 6.07) is 0.508. The van der Waals surface area contributed by atoms with E-state index in [0.717, 1.165) is 65.1 Å². The predicted octanol–water partition coefficient (Wildman–Crippen LogP) is 1.87. The molecule has 24 heavy (non-hydrogen) atoms. The lowest BCUT2D eigenvalue weighted by Gasteiger charge is -2.38. The summed E-state index contributed by atoms with van der Waals surface area (Å²) in [5.74, 6) is 0. The molecule has 1 amide bonds. The maximum Gasteiger partial charge on any atom is 0.410 e. The Kier molecular flexibility index (Phi) is 6.40. The zero-order valence-corrected chi connectivity index (χ0v) is 16.0. The van der Waals surface area contributed by atoms with Crippen molar-refractivity contribution in [3.8, 4) is 0 Å². The van der Waals surface area contributed by atoms with Crippen molar-refractivity contribution in [1.29, 1.82) is 0 Å². The second kappa shape index (κ2) is 7.77. The Bertz CT molecular complexity index is 427. The van der Waals surface area contributed by atoms with E-state index in [4.69, 9.17) is 9.47 Å². The van der Waals surface area contributed by atoms with E-state index in [1.54, 1.807) is 0 Å². The minimum Gasteiger partial charge on any atom is -0.444 e. The van der Waals surface area contributed by atoms with Crippen molar-refractivity contribution in [2.75, 3.05) is 45.9 Å². The number of piperazine rings is 1. The van der Waals surface area contributed by atoms with E-state index in [1.165, 1.54) is 0 Å². The van der Waals surface area contributed by atoms with E-state index in [1.807, 2.05) is 25.7 Å². The molecule has 3 saturated heterocycles. The number of rotatable bonds is 1. The van der Waals surface area contributed by atoms with E-state index < -0.39 is 5.60 Å². The summed E-state index contributed by atoms with van der Waals surface area (Å²) in [7, 11) is 0. The van der Waals surface area contributed by atoms with Gasteiger partial charge < -0.3 is 19.7 Å². The zero-order valence-electron chi connectivity index (χ0n) is 15.2. The maximum atomic E-state index is 12.1. The molecule has 3 rings (SSSR count). The summed E-state index contributed by atoms with van der Waals surface area (Å²) in [6.45, 7) is 12.0. The smallest absolute Gasteiger partial charge is 0.410 e. The van der Waals surface area contributed by atoms with E-state index in [-0.39, 0.29) is 24.1 Å².